The van der Waals surface area contributed by atoms with Crippen LogP contribution < -0.4 is 11.5 Å². The number of nitrogen functional groups attached to an aromatic ring is 2. The summed E-state index contributed by atoms with van der Waals surface area (Å²) in [5.74, 6) is 0. The molecule has 2 rings (SSSR count). The lowest BCUT2D eigenvalue weighted by Gasteiger charge is -2.08. The molecule has 0 aliphatic rings. The number of hydrogen-bond donors (Lipinski definition) is 2. The van der Waals surface area contributed by atoms with Gasteiger partial charge in [0.15, 0.2) is 0 Å². The van der Waals surface area contributed by atoms with Gasteiger partial charge in [0.2, 0.25) is 0 Å². The number of benzene rings is 2. The molecular weight excluding hydrogens is 252 g/mol. The van der Waals surface area contributed by atoms with Crippen LogP contribution in [0.1, 0.15) is 11.1 Å². The number of ether oxygens (including phenoxy) is 2. The SMILES string of the molecule is Nc1ccccc1COCCOCc1ccccc1N. The molecular formula is C16H20N2O2. The van der Waals surface area contributed by atoms with Crippen molar-refractivity contribution in [2.75, 3.05) is 24.7 Å². The zero-order valence-corrected chi connectivity index (χ0v) is 11.4. The smallest absolute Gasteiger partial charge is 0.0738 e. The van der Waals surface area contributed by atoms with Crippen LogP contribution in [-0.2, 0) is 22.7 Å². The fourth-order valence-corrected chi connectivity index (χ4v) is 1.81. The minimum Gasteiger partial charge on any atom is -0.398 e. The monoisotopic (exact) mass is 272 g/mol. The van der Waals surface area contributed by atoms with Crippen LogP contribution >= 0.6 is 0 Å². The Kier molecular flexibility index (Phi) is 5.41. The first-order valence-electron chi connectivity index (χ1n) is 6.59. The Hall–Kier alpha value is -2.04. The number of anilines is 2. The highest BCUT2D eigenvalue weighted by Gasteiger charge is 1.99. The second-order valence-corrected chi connectivity index (χ2v) is 4.50. The summed E-state index contributed by atoms with van der Waals surface area (Å²) in [6, 6.07) is 15.4. The molecule has 0 heterocycles. The van der Waals surface area contributed by atoms with Crippen LogP contribution in [0.25, 0.3) is 0 Å². The van der Waals surface area contributed by atoms with Crippen molar-refractivity contribution in [2.45, 2.75) is 13.2 Å². The van der Waals surface area contributed by atoms with E-state index < -0.39 is 0 Å². The van der Waals surface area contributed by atoms with Gasteiger partial charge in [0.1, 0.15) is 0 Å². The van der Waals surface area contributed by atoms with Crippen molar-refractivity contribution in [1.29, 1.82) is 0 Å². The average molecular weight is 272 g/mol. The lowest BCUT2D eigenvalue weighted by molar-refractivity contribution is 0.0342. The molecule has 0 bridgehead atoms. The lowest BCUT2D eigenvalue weighted by Crippen LogP contribution is -2.06. The fourth-order valence-electron chi connectivity index (χ4n) is 1.81. The summed E-state index contributed by atoms with van der Waals surface area (Å²) in [6.45, 7) is 2.06. The first kappa shape index (κ1) is 14.4. The van der Waals surface area contributed by atoms with Crippen molar-refractivity contribution in [3.8, 4) is 0 Å². The Balaban J connectivity index is 1.63. The van der Waals surface area contributed by atoms with Gasteiger partial charge in [-0.25, -0.2) is 0 Å². The van der Waals surface area contributed by atoms with Crippen LogP contribution in [0, 0.1) is 0 Å². The highest BCUT2D eigenvalue weighted by Crippen LogP contribution is 2.12. The van der Waals surface area contributed by atoms with Gasteiger partial charge < -0.3 is 20.9 Å². The average Bonchev–Trinajstić information content (AvgIpc) is 2.46. The van der Waals surface area contributed by atoms with E-state index >= 15 is 0 Å². The van der Waals surface area contributed by atoms with Crippen LogP contribution in [-0.4, -0.2) is 13.2 Å². The molecule has 20 heavy (non-hydrogen) atoms. The molecule has 0 radical (unpaired) electrons. The lowest BCUT2D eigenvalue weighted by atomic mass is 10.2. The van der Waals surface area contributed by atoms with Gasteiger partial charge in [-0.05, 0) is 12.1 Å². The molecule has 0 atom stereocenters. The molecule has 0 saturated carbocycles. The van der Waals surface area contributed by atoms with E-state index in [1.807, 2.05) is 48.5 Å². The van der Waals surface area contributed by atoms with Gasteiger partial charge in [0.05, 0.1) is 26.4 Å². The topological polar surface area (TPSA) is 70.5 Å². The molecule has 2 aromatic rings. The summed E-state index contributed by atoms with van der Waals surface area (Å²) >= 11 is 0. The number of para-hydroxylation sites is 2. The van der Waals surface area contributed by atoms with E-state index in [1.165, 1.54) is 0 Å². The van der Waals surface area contributed by atoms with Gasteiger partial charge in [-0.2, -0.15) is 0 Å². The Morgan fingerprint density at radius 1 is 0.650 bits per heavy atom. The summed E-state index contributed by atoms with van der Waals surface area (Å²) in [5.41, 5.74) is 15.2. The number of rotatable bonds is 7. The minimum atomic E-state index is 0.503. The molecule has 0 aromatic heterocycles. The predicted octanol–water partition coefficient (Wildman–Crippen LogP) is 2.58. The summed E-state index contributed by atoms with van der Waals surface area (Å²) in [7, 11) is 0. The van der Waals surface area contributed by atoms with Crippen molar-refractivity contribution in [3.63, 3.8) is 0 Å². The zero-order valence-electron chi connectivity index (χ0n) is 11.4. The van der Waals surface area contributed by atoms with Gasteiger partial charge in [-0.1, -0.05) is 36.4 Å². The third kappa shape index (κ3) is 4.26. The van der Waals surface area contributed by atoms with Gasteiger partial charge in [-0.3, -0.25) is 0 Å². The summed E-state index contributed by atoms with van der Waals surface area (Å²) in [4.78, 5) is 0. The Morgan fingerprint density at radius 3 is 1.45 bits per heavy atom. The van der Waals surface area contributed by atoms with Crippen molar-refractivity contribution in [1.82, 2.24) is 0 Å². The molecule has 0 saturated heterocycles. The molecule has 2 aromatic carbocycles. The molecule has 4 heteroatoms. The van der Waals surface area contributed by atoms with Crippen LogP contribution in [0.4, 0.5) is 11.4 Å². The van der Waals surface area contributed by atoms with Gasteiger partial charge in [0.25, 0.3) is 0 Å². The Morgan fingerprint density at radius 2 is 1.05 bits per heavy atom. The Labute approximate surface area is 119 Å². The van der Waals surface area contributed by atoms with Gasteiger partial charge >= 0.3 is 0 Å². The highest BCUT2D eigenvalue weighted by molar-refractivity contribution is 5.46. The zero-order chi connectivity index (χ0) is 14.2. The Bertz CT molecular complexity index is 494. The minimum absolute atomic E-state index is 0.503. The summed E-state index contributed by atoms with van der Waals surface area (Å²) in [6.07, 6.45) is 0. The van der Waals surface area contributed by atoms with Gasteiger partial charge in [0, 0.05) is 22.5 Å². The first-order valence-corrected chi connectivity index (χ1v) is 6.59. The van der Waals surface area contributed by atoms with Crippen LogP contribution in [0.3, 0.4) is 0 Å². The maximum atomic E-state index is 5.83. The van der Waals surface area contributed by atoms with E-state index in [9.17, 15) is 0 Å². The van der Waals surface area contributed by atoms with E-state index in [0.717, 1.165) is 22.5 Å². The van der Waals surface area contributed by atoms with Crippen LogP contribution in [0.2, 0.25) is 0 Å². The van der Waals surface area contributed by atoms with E-state index in [2.05, 4.69) is 0 Å². The summed E-state index contributed by atoms with van der Waals surface area (Å²) in [5, 5.41) is 0. The van der Waals surface area contributed by atoms with Crippen molar-refractivity contribution >= 4 is 11.4 Å². The first-order chi connectivity index (χ1) is 9.77. The second kappa shape index (κ2) is 7.53. The van der Waals surface area contributed by atoms with Crippen LogP contribution in [0.5, 0.6) is 0 Å². The van der Waals surface area contributed by atoms with Crippen LogP contribution in [0.15, 0.2) is 48.5 Å². The molecule has 0 unspecified atom stereocenters. The van der Waals surface area contributed by atoms with Gasteiger partial charge in [-0.15, -0.1) is 0 Å². The maximum absolute atomic E-state index is 5.83. The predicted molar refractivity (Wildman–Crippen MR) is 81.0 cm³/mol. The molecule has 0 aliphatic heterocycles. The van der Waals surface area contributed by atoms with E-state index in [-0.39, 0.29) is 0 Å². The second-order valence-electron chi connectivity index (χ2n) is 4.50. The number of hydrogen-bond acceptors (Lipinski definition) is 4. The maximum Gasteiger partial charge on any atom is 0.0738 e. The molecule has 106 valence electrons. The van der Waals surface area contributed by atoms with E-state index in [1.54, 1.807) is 0 Å². The third-order valence-electron chi connectivity index (χ3n) is 3.00. The van der Waals surface area contributed by atoms with Crippen molar-refractivity contribution in [3.05, 3.63) is 59.7 Å². The fraction of sp³-hybridized carbons (Fsp3) is 0.250. The normalized spacial score (nSPS) is 10.6. The number of nitrogens with two attached hydrogens (primary N) is 2. The largest absolute Gasteiger partial charge is 0.398 e. The molecule has 0 spiro atoms. The third-order valence-corrected chi connectivity index (χ3v) is 3.00. The van der Waals surface area contributed by atoms with E-state index in [0.29, 0.717) is 26.4 Å². The molecule has 0 amide bonds. The van der Waals surface area contributed by atoms with Crippen molar-refractivity contribution in [2.24, 2.45) is 0 Å². The highest BCUT2D eigenvalue weighted by atomic mass is 16.5. The molecule has 4 nitrogen and oxygen atoms in total. The van der Waals surface area contributed by atoms with E-state index in [4.69, 9.17) is 20.9 Å². The summed E-state index contributed by atoms with van der Waals surface area (Å²) < 4.78 is 11.1. The van der Waals surface area contributed by atoms with Crippen molar-refractivity contribution < 1.29 is 9.47 Å². The molecule has 4 N–H and O–H groups in total. The standard InChI is InChI=1S/C16H20N2O2/c17-15-7-3-1-5-13(15)11-19-9-10-20-12-14-6-2-4-8-16(14)18/h1-8H,9-12,17-18H2. The molecule has 0 aliphatic carbocycles. The quantitative estimate of drug-likeness (QED) is 0.600. The molecule has 0 fully saturated rings.